The van der Waals surface area contributed by atoms with E-state index >= 15 is 0 Å². The molecule has 0 aromatic heterocycles. The molecule has 6 nitrogen and oxygen atoms in total. The molecule has 1 saturated carbocycles. The molecule has 1 aliphatic carbocycles. The monoisotopic (exact) mass is 514 g/mol. The minimum absolute atomic E-state index is 0.0284. The number of hydrogen-bond donors (Lipinski definition) is 2. The van der Waals surface area contributed by atoms with Crippen LogP contribution in [0, 0.1) is 5.82 Å². The van der Waals surface area contributed by atoms with Gasteiger partial charge in [0.25, 0.3) is 11.8 Å². The lowest BCUT2D eigenvalue weighted by atomic mass is 9.95. The summed E-state index contributed by atoms with van der Waals surface area (Å²) in [6.45, 7) is 4.30. The molecule has 198 valence electrons. The molecule has 0 spiro atoms. The summed E-state index contributed by atoms with van der Waals surface area (Å²) in [5.74, 6) is -1.24. The third-order valence-corrected chi connectivity index (χ3v) is 7.52. The van der Waals surface area contributed by atoms with E-state index in [2.05, 4.69) is 44.7 Å². The number of piperazine rings is 1. The molecular weight excluding hydrogens is 479 g/mol. The Morgan fingerprint density at radius 1 is 0.789 bits per heavy atom. The minimum atomic E-state index is -0.578. The molecule has 7 heteroatoms. The Hall–Kier alpha value is -3.71. The molecule has 0 unspecified atom stereocenters. The molecule has 2 amide bonds. The van der Waals surface area contributed by atoms with Gasteiger partial charge in [-0.25, -0.2) is 4.39 Å². The number of nitrogens with zero attached hydrogens (tertiary/aromatic N) is 2. The second kappa shape index (κ2) is 12.2. The van der Waals surface area contributed by atoms with Gasteiger partial charge in [0.05, 0.1) is 11.1 Å². The van der Waals surface area contributed by atoms with Crippen molar-refractivity contribution in [2.45, 2.75) is 44.7 Å². The van der Waals surface area contributed by atoms with Crippen LogP contribution < -0.4 is 15.5 Å². The normalized spacial score (nSPS) is 16.7. The van der Waals surface area contributed by atoms with Gasteiger partial charge in [-0.2, -0.15) is 0 Å². The van der Waals surface area contributed by atoms with Gasteiger partial charge in [-0.1, -0.05) is 61.7 Å². The predicted molar refractivity (Wildman–Crippen MR) is 149 cm³/mol. The highest BCUT2D eigenvalue weighted by Crippen LogP contribution is 2.28. The Balaban J connectivity index is 1.33. The zero-order chi connectivity index (χ0) is 26.3. The van der Waals surface area contributed by atoms with Crippen LogP contribution in [-0.2, 0) is 6.54 Å². The van der Waals surface area contributed by atoms with Crippen LogP contribution in [0.1, 0.15) is 58.4 Å². The second-order valence-electron chi connectivity index (χ2n) is 10.2. The average Bonchev–Trinajstić information content (AvgIpc) is 2.95. The van der Waals surface area contributed by atoms with E-state index in [9.17, 15) is 14.0 Å². The van der Waals surface area contributed by atoms with Crippen LogP contribution in [-0.4, -0.2) is 48.9 Å². The van der Waals surface area contributed by atoms with Crippen molar-refractivity contribution in [2.24, 2.45) is 0 Å². The minimum Gasteiger partial charge on any atom is -0.368 e. The van der Waals surface area contributed by atoms with Crippen LogP contribution in [0.4, 0.5) is 15.8 Å². The van der Waals surface area contributed by atoms with Crippen molar-refractivity contribution >= 4 is 23.2 Å². The quantitative estimate of drug-likeness (QED) is 0.439. The fourth-order valence-corrected chi connectivity index (χ4v) is 5.41. The number of carbonyl (C=O) groups excluding carboxylic acids is 2. The summed E-state index contributed by atoms with van der Waals surface area (Å²) in [6, 6.07) is 21.9. The zero-order valence-corrected chi connectivity index (χ0v) is 21.7. The summed E-state index contributed by atoms with van der Waals surface area (Å²) >= 11 is 0. The maximum absolute atomic E-state index is 14.2. The highest BCUT2D eigenvalue weighted by Gasteiger charge is 2.24. The Morgan fingerprint density at radius 3 is 2.24 bits per heavy atom. The fourth-order valence-electron chi connectivity index (χ4n) is 5.41. The maximum Gasteiger partial charge on any atom is 0.258 e. The first-order valence-electron chi connectivity index (χ1n) is 13.6. The van der Waals surface area contributed by atoms with Gasteiger partial charge >= 0.3 is 0 Å². The molecule has 1 aliphatic heterocycles. The van der Waals surface area contributed by atoms with Crippen LogP contribution in [0.5, 0.6) is 0 Å². The first kappa shape index (κ1) is 25.9. The van der Waals surface area contributed by atoms with Gasteiger partial charge in [0.15, 0.2) is 0 Å². The number of anilines is 2. The van der Waals surface area contributed by atoms with Crippen LogP contribution in [0.3, 0.4) is 0 Å². The third kappa shape index (κ3) is 6.40. The molecule has 0 radical (unpaired) electrons. The van der Waals surface area contributed by atoms with E-state index in [0.717, 1.165) is 64.1 Å². The first-order valence-corrected chi connectivity index (χ1v) is 13.6. The summed E-state index contributed by atoms with van der Waals surface area (Å²) in [5, 5.41) is 6.01. The molecular formula is C31H35FN4O2. The van der Waals surface area contributed by atoms with Gasteiger partial charge in [-0.15, -0.1) is 0 Å². The molecule has 3 aromatic carbocycles. The molecule has 3 aromatic rings. The van der Waals surface area contributed by atoms with Gasteiger partial charge in [0.2, 0.25) is 0 Å². The summed E-state index contributed by atoms with van der Waals surface area (Å²) in [7, 11) is 0. The van der Waals surface area contributed by atoms with Gasteiger partial charge in [0.1, 0.15) is 5.82 Å². The van der Waals surface area contributed by atoms with Crippen molar-refractivity contribution in [3.8, 4) is 0 Å². The summed E-state index contributed by atoms with van der Waals surface area (Å²) in [4.78, 5) is 30.9. The topological polar surface area (TPSA) is 64.7 Å². The standard InChI is InChI=1S/C31H35FN4O2/c32-28-14-8-7-13-26(28)30(37)34-25-15-16-29(27(21-25)31(38)33-24-11-5-2-6-12-24)36-19-17-35(18-20-36)22-23-9-3-1-4-10-23/h1,3-4,7-10,13-16,21,24H,2,5-6,11-12,17-20,22H2,(H,33,38)(H,34,37). The van der Waals surface area contributed by atoms with Crippen molar-refractivity contribution in [1.82, 2.24) is 10.2 Å². The number of benzene rings is 3. The number of carbonyl (C=O) groups is 2. The van der Waals surface area contributed by atoms with E-state index in [0.29, 0.717) is 11.3 Å². The zero-order valence-electron chi connectivity index (χ0n) is 21.7. The molecule has 38 heavy (non-hydrogen) atoms. The molecule has 1 heterocycles. The van der Waals surface area contributed by atoms with E-state index in [-0.39, 0.29) is 17.5 Å². The van der Waals surface area contributed by atoms with Gasteiger partial charge < -0.3 is 15.5 Å². The highest BCUT2D eigenvalue weighted by atomic mass is 19.1. The molecule has 5 rings (SSSR count). The van der Waals surface area contributed by atoms with Crippen molar-refractivity contribution in [1.29, 1.82) is 0 Å². The number of nitrogens with one attached hydrogen (secondary N) is 2. The molecule has 2 aliphatic rings. The number of hydrogen-bond acceptors (Lipinski definition) is 4. The Bertz CT molecular complexity index is 1250. The van der Waals surface area contributed by atoms with Crippen molar-refractivity contribution in [3.63, 3.8) is 0 Å². The van der Waals surface area contributed by atoms with E-state index in [1.807, 2.05) is 12.1 Å². The predicted octanol–water partition coefficient (Wildman–Crippen LogP) is 5.46. The van der Waals surface area contributed by atoms with Crippen molar-refractivity contribution in [2.75, 3.05) is 36.4 Å². The second-order valence-corrected chi connectivity index (χ2v) is 10.2. The van der Waals surface area contributed by atoms with E-state index in [1.54, 1.807) is 24.3 Å². The number of rotatable bonds is 7. The molecule has 0 bridgehead atoms. The maximum atomic E-state index is 14.2. The Labute approximate surface area is 223 Å². The lowest BCUT2D eigenvalue weighted by Crippen LogP contribution is -2.46. The largest absolute Gasteiger partial charge is 0.368 e. The first-order chi connectivity index (χ1) is 18.6. The Kier molecular flexibility index (Phi) is 8.34. The smallest absolute Gasteiger partial charge is 0.258 e. The summed E-state index contributed by atoms with van der Waals surface area (Å²) < 4.78 is 14.2. The van der Waals surface area contributed by atoms with Gasteiger partial charge in [0, 0.05) is 50.1 Å². The lowest BCUT2D eigenvalue weighted by molar-refractivity contribution is 0.0927. The molecule has 2 N–H and O–H groups in total. The SMILES string of the molecule is O=C(Nc1ccc(N2CCN(Cc3ccccc3)CC2)c(C(=O)NC2CCCCC2)c1)c1ccccc1F. The number of halogens is 1. The average molecular weight is 515 g/mol. The van der Waals surface area contributed by atoms with Crippen LogP contribution in [0.2, 0.25) is 0 Å². The highest BCUT2D eigenvalue weighted by molar-refractivity contribution is 6.06. The Morgan fingerprint density at radius 2 is 1.50 bits per heavy atom. The van der Waals surface area contributed by atoms with E-state index < -0.39 is 11.7 Å². The van der Waals surface area contributed by atoms with Crippen molar-refractivity contribution in [3.05, 3.63) is 95.3 Å². The third-order valence-electron chi connectivity index (χ3n) is 7.52. The van der Waals surface area contributed by atoms with Crippen LogP contribution >= 0.6 is 0 Å². The lowest BCUT2D eigenvalue weighted by Gasteiger charge is -2.37. The van der Waals surface area contributed by atoms with Crippen LogP contribution in [0.15, 0.2) is 72.8 Å². The van der Waals surface area contributed by atoms with Gasteiger partial charge in [-0.3, -0.25) is 14.5 Å². The summed E-state index contributed by atoms with van der Waals surface area (Å²) in [6.07, 6.45) is 5.44. The van der Waals surface area contributed by atoms with E-state index in [4.69, 9.17) is 0 Å². The molecule has 1 saturated heterocycles. The van der Waals surface area contributed by atoms with Crippen molar-refractivity contribution < 1.29 is 14.0 Å². The number of amides is 2. The fraction of sp³-hybridized carbons (Fsp3) is 0.355. The van der Waals surface area contributed by atoms with E-state index in [1.165, 1.54) is 24.1 Å². The van der Waals surface area contributed by atoms with Crippen LogP contribution in [0.25, 0.3) is 0 Å². The molecule has 0 atom stereocenters. The molecule has 2 fully saturated rings. The summed E-state index contributed by atoms with van der Waals surface area (Å²) in [5.41, 5.74) is 3.14. The van der Waals surface area contributed by atoms with Gasteiger partial charge in [-0.05, 0) is 48.7 Å².